The van der Waals surface area contributed by atoms with E-state index in [0.717, 1.165) is 21.0 Å². The van der Waals surface area contributed by atoms with E-state index in [1.807, 2.05) is 33.2 Å². The Hall–Kier alpha value is -3.61. The van der Waals surface area contributed by atoms with Crippen LogP contribution >= 0.6 is 11.3 Å². The molecule has 12 heteroatoms. The van der Waals surface area contributed by atoms with E-state index in [4.69, 9.17) is 4.74 Å². The first-order chi connectivity index (χ1) is 17.3. The maximum Gasteiger partial charge on any atom is 0.260 e. The van der Waals surface area contributed by atoms with Crippen molar-refractivity contribution in [2.75, 3.05) is 30.3 Å². The Kier molecular flexibility index (Phi) is 6.56. The van der Waals surface area contributed by atoms with Crippen molar-refractivity contribution in [2.24, 2.45) is 0 Å². The number of thiazole rings is 1. The number of ether oxygens (including phenoxy) is 1. The molecule has 188 valence electrons. The molecule has 2 amide bonds. The van der Waals surface area contributed by atoms with E-state index in [1.165, 1.54) is 11.3 Å². The summed E-state index contributed by atoms with van der Waals surface area (Å²) in [6.07, 6.45) is 7.02. The SMILES string of the molecule is Cc1ncc(NC(=O)CN2CC(C)OC(C)C2)cc1NC(=O)c1cnn2cc(-c3c[nH]nc3C)sc12. The number of aromatic amines is 1. The summed E-state index contributed by atoms with van der Waals surface area (Å²) in [6.45, 7) is 9.40. The van der Waals surface area contributed by atoms with Gasteiger partial charge < -0.3 is 15.4 Å². The summed E-state index contributed by atoms with van der Waals surface area (Å²) in [5, 5.41) is 17.2. The maximum absolute atomic E-state index is 13.2. The quantitative estimate of drug-likeness (QED) is 0.365. The van der Waals surface area contributed by atoms with Crippen molar-refractivity contribution in [3.8, 4) is 10.4 Å². The zero-order valence-electron chi connectivity index (χ0n) is 20.5. The number of aromatic nitrogens is 5. The van der Waals surface area contributed by atoms with Gasteiger partial charge in [0.15, 0.2) is 0 Å². The zero-order valence-corrected chi connectivity index (χ0v) is 21.3. The predicted octanol–water partition coefficient (Wildman–Crippen LogP) is 3.10. The van der Waals surface area contributed by atoms with Crippen LogP contribution in [0, 0.1) is 13.8 Å². The van der Waals surface area contributed by atoms with Gasteiger partial charge in [-0.05, 0) is 33.8 Å². The van der Waals surface area contributed by atoms with Gasteiger partial charge in [0.1, 0.15) is 4.83 Å². The molecule has 0 spiro atoms. The normalized spacial score (nSPS) is 18.4. The number of nitrogens with one attached hydrogen (secondary N) is 3. The smallest absolute Gasteiger partial charge is 0.260 e. The van der Waals surface area contributed by atoms with Crippen molar-refractivity contribution >= 4 is 39.4 Å². The van der Waals surface area contributed by atoms with Crippen LogP contribution in [0.25, 0.3) is 15.3 Å². The third-order valence-corrected chi connectivity index (χ3v) is 7.16. The second kappa shape index (κ2) is 9.80. The third-order valence-electron chi connectivity index (χ3n) is 6.02. The lowest BCUT2D eigenvalue weighted by Crippen LogP contribution is -2.48. The first kappa shape index (κ1) is 24.1. The van der Waals surface area contributed by atoms with Crippen molar-refractivity contribution in [1.82, 2.24) is 29.7 Å². The van der Waals surface area contributed by atoms with Gasteiger partial charge in [0, 0.05) is 31.0 Å². The Labute approximate surface area is 211 Å². The summed E-state index contributed by atoms with van der Waals surface area (Å²) in [4.78, 5) is 33.9. The second-order valence-corrected chi connectivity index (χ2v) is 10.1. The van der Waals surface area contributed by atoms with Gasteiger partial charge in [-0.15, -0.1) is 11.3 Å². The standard InChI is InChI=1S/C24H28N8O3S/c1-13-9-31(10-14(2)35-13)12-22(33)28-17-5-20(16(4)25-6-17)29-23(34)19-8-27-32-11-21(36-24(19)32)18-7-26-30-15(18)3/h5-8,11,13-14H,9-10,12H2,1-4H3,(H,26,30)(H,28,33)(H,29,34). The number of carbonyl (C=O) groups is 2. The first-order valence-corrected chi connectivity index (χ1v) is 12.5. The molecule has 1 saturated heterocycles. The number of hydrogen-bond acceptors (Lipinski definition) is 8. The molecule has 0 aliphatic carbocycles. The Morgan fingerprint density at radius 2 is 1.94 bits per heavy atom. The lowest BCUT2D eigenvalue weighted by atomic mass is 10.2. The van der Waals surface area contributed by atoms with Crippen molar-refractivity contribution in [3.63, 3.8) is 0 Å². The highest BCUT2D eigenvalue weighted by Gasteiger charge is 2.24. The molecule has 0 aromatic carbocycles. The number of rotatable bonds is 6. The van der Waals surface area contributed by atoms with Gasteiger partial charge in [-0.2, -0.15) is 10.2 Å². The Bertz CT molecular complexity index is 1410. The molecule has 11 nitrogen and oxygen atoms in total. The summed E-state index contributed by atoms with van der Waals surface area (Å²) in [6, 6.07) is 1.72. The molecule has 3 N–H and O–H groups in total. The molecule has 1 fully saturated rings. The van der Waals surface area contributed by atoms with E-state index >= 15 is 0 Å². The molecule has 0 saturated carbocycles. The van der Waals surface area contributed by atoms with E-state index in [2.05, 4.69) is 35.8 Å². The fraction of sp³-hybridized carbons (Fsp3) is 0.375. The number of morpholine rings is 1. The molecule has 1 aliphatic rings. The van der Waals surface area contributed by atoms with Gasteiger partial charge in [0.2, 0.25) is 5.91 Å². The van der Waals surface area contributed by atoms with Crippen molar-refractivity contribution in [1.29, 1.82) is 0 Å². The highest BCUT2D eigenvalue weighted by Crippen LogP contribution is 2.32. The molecular weight excluding hydrogens is 480 g/mol. The Morgan fingerprint density at radius 3 is 2.67 bits per heavy atom. The number of hydrogen-bond donors (Lipinski definition) is 3. The third kappa shape index (κ3) is 5.01. The number of amides is 2. The molecule has 0 bridgehead atoms. The second-order valence-electron chi connectivity index (χ2n) is 9.10. The van der Waals surface area contributed by atoms with Gasteiger partial charge in [0.25, 0.3) is 5.91 Å². The lowest BCUT2D eigenvalue weighted by Gasteiger charge is -2.34. The van der Waals surface area contributed by atoms with Crippen LogP contribution in [-0.4, -0.2) is 73.4 Å². The van der Waals surface area contributed by atoms with E-state index < -0.39 is 0 Å². The van der Waals surface area contributed by atoms with Crippen molar-refractivity contribution in [2.45, 2.75) is 39.9 Å². The molecule has 5 rings (SSSR count). The first-order valence-electron chi connectivity index (χ1n) is 11.7. The van der Waals surface area contributed by atoms with E-state index in [9.17, 15) is 9.59 Å². The van der Waals surface area contributed by atoms with Gasteiger partial charge >= 0.3 is 0 Å². The van der Waals surface area contributed by atoms with Gasteiger partial charge in [-0.3, -0.25) is 24.6 Å². The molecular formula is C24H28N8O3S. The average molecular weight is 509 g/mol. The zero-order chi connectivity index (χ0) is 25.4. The summed E-state index contributed by atoms with van der Waals surface area (Å²) in [7, 11) is 0. The number of H-pyrrole nitrogens is 1. The van der Waals surface area contributed by atoms with Crippen LogP contribution in [0.15, 0.2) is 30.9 Å². The highest BCUT2D eigenvalue weighted by molar-refractivity contribution is 7.21. The fourth-order valence-corrected chi connectivity index (χ4v) is 5.54. The largest absolute Gasteiger partial charge is 0.373 e. The molecule has 36 heavy (non-hydrogen) atoms. The van der Waals surface area contributed by atoms with Crippen molar-refractivity contribution < 1.29 is 14.3 Å². The van der Waals surface area contributed by atoms with E-state index in [-0.39, 0.29) is 30.6 Å². The minimum atomic E-state index is -0.299. The molecule has 2 unspecified atom stereocenters. The van der Waals surface area contributed by atoms with Crippen LogP contribution in [0.4, 0.5) is 11.4 Å². The molecule has 0 radical (unpaired) electrons. The van der Waals surface area contributed by atoms with Gasteiger partial charge in [0.05, 0.1) is 64.3 Å². The number of carbonyl (C=O) groups excluding carboxylic acids is 2. The van der Waals surface area contributed by atoms with E-state index in [0.29, 0.717) is 35.7 Å². The molecule has 4 aromatic rings. The molecule has 2 atom stereocenters. The number of fused-ring (bicyclic) bond motifs is 1. The van der Waals surface area contributed by atoms with Crippen LogP contribution in [0.1, 0.15) is 35.6 Å². The maximum atomic E-state index is 13.2. The Morgan fingerprint density at radius 1 is 1.17 bits per heavy atom. The predicted molar refractivity (Wildman–Crippen MR) is 137 cm³/mol. The van der Waals surface area contributed by atoms with Gasteiger partial charge in [-0.25, -0.2) is 4.52 Å². The van der Waals surface area contributed by atoms with E-state index in [1.54, 1.807) is 29.9 Å². The summed E-state index contributed by atoms with van der Waals surface area (Å²) in [5.41, 5.74) is 3.99. The summed E-state index contributed by atoms with van der Waals surface area (Å²) >= 11 is 1.47. The number of anilines is 2. The summed E-state index contributed by atoms with van der Waals surface area (Å²) in [5.74, 6) is -0.440. The number of pyridine rings is 1. The Balaban J connectivity index is 1.28. The highest BCUT2D eigenvalue weighted by atomic mass is 32.1. The minimum absolute atomic E-state index is 0.0860. The minimum Gasteiger partial charge on any atom is -0.373 e. The molecule has 4 aromatic heterocycles. The fourth-order valence-electron chi connectivity index (χ4n) is 4.41. The monoisotopic (exact) mass is 508 g/mol. The molecule has 1 aliphatic heterocycles. The van der Waals surface area contributed by atoms with Crippen LogP contribution < -0.4 is 10.6 Å². The number of nitrogens with zero attached hydrogens (tertiary/aromatic N) is 5. The average Bonchev–Trinajstić information content (AvgIpc) is 3.50. The summed E-state index contributed by atoms with van der Waals surface area (Å²) < 4.78 is 7.42. The van der Waals surface area contributed by atoms with Crippen molar-refractivity contribution in [3.05, 3.63) is 47.8 Å². The van der Waals surface area contributed by atoms with Crippen LogP contribution in [0.5, 0.6) is 0 Å². The van der Waals surface area contributed by atoms with Crippen LogP contribution in [-0.2, 0) is 9.53 Å². The molecule has 5 heterocycles. The van der Waals surface area contributed by atoms with Crippen LogP contribution in [0.2, 0.25) is 0 Å². The number of aryl methyl sites for hydroxylation is 2. The van der Waals surface area contributed by atoms with Crippen LogP contribution in [0.3, 0.4) is 0 Å². The topological polar surface area (TPSA) is 130 Å². The van der Waals surface area contributed by atoms with Gasteiger partial charge in [-0.1, -0.05) is 0 Å². The lowest BCUT2D eigenvalue weighted by molar-refractivity contribution is -0.121.